The van der Waals surface area contributed by atoms with E-state index in [0.717, 1.165) is 32.4 Å². The SMILES string of the molecule is CC(C)(C)c1ccc2c(c1)CCCN2C1CCNC1=O. The van der Waals surface area contributed by atoms with Crippen molar-refractivity contribution in [1.29, 1.82) is 0 Å². The molecule has 1 atom stereocenters. The minimum Gasteiger partial charge on any atom is -0.359 e. The largest absolute Gasteiger partial charge is 0.359 e. The zero-order chi connectivity index (χ0) is 14.3. The number of aryl methyl sites for hydroxylation is 1. The standard InChI is InChI=1S/C17H24N2O/c1-17(2,3)13-6-7-14-12(11-13)5-4-10-19(14)15-8-9-18-16(15)20/h6-7,11,15H,4-5,8-10H2,1-3H3,(H,18,20). The molecule has 0 aromatic heterocycles. The third kappa shape index (κ3) is 2.30. The molecule has 108 valence electrons. The van der Waals surface area contributed by atoms with Gasteiger partial charge in [-0.25, -0.2) is 0 Å². The number of hydrogen-bond donors (Lipinski definition) is 1. The van der Waals surface area contributed by atoms with Crippen molar-refractivity contribution in [2.45, 2.75) is 51.5 Å². The average Bonchev–Trinajstić information content (AvgIpc) is 2.82. The van der Waals surface area contributed by atoms with E-state index in [9.17, 15) is 4.79 Å². The van der Waals surface area contributed by atoms with Gasteiger partial charge in [-0.05, 0) is 41.9 Å². The van der Waals surface area contributed by atoms with Crippen LogP contribution in [0.2, 0.25) is 0 Å². The van der Waals surface area contributed by atoms with Crippen LogP contribution in [-0.2, 0) is 16.6 Å². The minimum atomic E-state index is 0.0366. The van der Waals surface area contributed by atoms with Crippen molar-refractivity contribution in [3.63, 3.8) is 0 Å². The number of benzene rings is 1. The smallest absolute Gasteiger partial charge is 0.242 e. The van der Waals surface area contributed by atoms with Gasteiger partial charge in [-0.15, -0.1) is 0 Å². The summed E-state index contributed by atoms with van der Waals surface area (Å²) in [4.78, 5) is 14.3. The topological polar surface area (TPSA) is 32.3 Å². The summed E-state index contributed by atoms with van der Waals surface area (Å²) in [5, 5.41) is 2.95. The molecule has 1 amide bonds. The third-order valence-electron chi connectivity index (χ3n) is 4.50. The van der Waals surface area contributed by atoms with Gasteiger partial charge in [-0.3, -0.25) is 4.79 Å². The Morgan fingerprint density at radius 3 is 2.75 bits per heavy atom. The Morgan fingerprint density at radius 1 is 1.30 bits per heavy atom. The Balaban J connectivity index is 1.95. The molecule has 0 radical (unpaired) electrons. The summed E-state index contributed by atoms with van der Waals surface area (Å²) in [6.07, 6.45) is 3.20. The first-order valence-corrected chi connectivity index (χ1v) is 7.64. The molecule has 1 saturated heterocycles. The van der Waals surface area contributed by atoms with E-state index in [2.05, 4.69) is 49.2 Å². The van der Waals surface area contributed by atoms with Gasteiger partial charge in [0.1, 0.15) is 6.04 Å². The fraction of sp³-hybridized carbons (Fsp3) is 0.588. The van der Waals surface area contributed by atoms with Gasteiger partial charge in [0.2, 0.25) is 5.91 Å². The number of hydrogen-bond acceptors (Lipinski definition) is 2. The molecule has 3 nitrogen and oxygen atoms in total. The normalized spacial score (nSPS) is 22.6. The van der Waals surface area contributed by atoms with E-state index in [-0.39, 0.29) is 17.4 Å². The van der Waals surface area contributed by atoms with Gasteiger partial charge < -0.3 is 10.2 Å². The molecule has 20 heavy (non-hydrogen) atoms. The molecule has 2 aliphatic heterocycles. The van der Waals surface area contributed by atoms with Crippen molar-refractivity contribution in [1.82, 2.24) is 5.32 Å². The fourth-order valence-corrected chi connectivity index (χ4v) is 3.29. The molecule has 1 fully saturated rings. The van der Waals surface area contributed by atoms with Crippen LogP contribution in [0.1, 0.15) is 44.7 Å². The van der Waals surface area contributed by atoms with Gasteiger partial charge in [-0.1, -0.05) is 32.9 Å². The molecule has 3 rings (SSSR count). The first-order chi connectivity index (χ1) is 9.47. The number of amides is 1. The summed E-state index contributed by atoms with van der Waals surface area (Å²) in [6, 6.07) is 6.83. The lowest BCUT2D eigenvalue weighted by Crippen LogP contribution is -2.43. The second kappa shape index (κ2) is 4.80. The number of carbonyl (C=O) groups excluding carboxylic acids is 1. The van der Waals surface area contributed by atoms with Gasteiger partial charge in [0.05, 0.1) is 0 Å². The highest BCUT2D eigenvalue weighted by Gasteiger charge is 2.33. The van der Waals surface area contributed by atoms with Crippen LogP contribution in [0, 0.1) is 0 Å². The highest BCUT2D eigenvalue weighted by Crippen LogP contribution is 2.34. The van der Waals surface area contributed by atoms with E-state index < -0.39 is 0 Å². The maximum Gasteiger partial charge on any atom is 0.242 e. The molecule has 2 aliphatic rings. The fourth-order valence-electron chi connectivity index (χ4n) is 3.29. The molecule has 1 aromatic carbocycles. The van der Waals surface area contributed by atoms with Gasteiger partial charge in [0, 0.05) is 18.8 Å². The van der Waals surface area contributed by atoms with Crippen molar-refractivity contribution < 1.29 is 4.79 Å². The Bertz CT molecular complexity index is 530. The molecular formula is C17H24N2O. The summed E-state index contributed by atoms with van der Waals surface area (Å²) in [6.45, 7) is 8.56. The molecule has 1 N–H and O–H groups in total. The van der Waals surface area contributed by atoms with Gasteiger partial charge in [0.15, 0.2) is 0 Å². The molecular weight excluding hydrogens is 248 g/mol. The van der Waals surface area contributed by atoms with Crippen molar-refractivity contribution in [3.8, 4) is 0 Å². The number of nitrogens with one attached hydrogen (secondary N) is 1. The number of rotatable bonds is 1. The summed E-state index contributed by atoms with van der Waals surface area (Å²) in [5.41, 5.74) is 4.24. The van der Waals surface area contributed by atoms with E-state index in [1.165, 1.54) is 16.8 Å². The van der Waals surface area contributed by atoms with Gasteiger partial charge >= 0.3 is 0 Å². The van der Waals surface area contributed by atoms with Crippen LogP contribution in [0.4, 0.5) is 5.69 Å². The Morgan fingerprint density at radius 2 is 2.10 bits per heavy atom. The zero-order valence-electron chi connectivity index (χ0n) is 12.7. The van der Waals surface area contributed by atoms with Crippen LogP contribution in [0.15, 0.2) is 18.2 Å². The van der Waals surface area contributed by atoms with Crippen molar-refractivity contribution in [2.24, 2.45) is 0 Å². The third-order valence-corrected chi connectivity index (χ3v) is 4.50. The highest BCUT2D eigenvalue weighted by atomic mass is 16.2. The van der Waals surface area contributed by atoms with Crippen molar-refractivity contribution in [2.75, 3.05) is 18.0 Å². The molecule has 0 spiro atoms. The quantitative estimate of drug-likeness (QED) is 0.852. The Labute approximate surface area is 121 Å². The molecule has 0 aliphatic carbocycles. The number of carbonyl (C=O) groups is 1. The van der Waals surface area contributed by atoms with E-state index in [1.807, 2.05) is 0 Å². The van der Waals surface area contributed by atoms with Crippen molar-refractivity contribution >= 4 is 11.6 Å². The van der Waals surface area contributed by atoms with Crippen molar-refractivity contribution in [3.05, 3.63) is 29.3 Å². The first kappa shape index (κ1) is 13.5. The molecule has 3 heteroatoms. The lowest BCUT2D eigenvalue weighted by molar-refractivity contribution is -0.120. The Hall–Kier alpha value is -1.51. The van der Waals surface area contributed by atoms with E-state index in [1.54, 1.807) is 0 Å². The van der Waals surface area contributed by atoms with Gasteiger partial charge in [0.25, 0.3) is 0 Å². The highest BCUT2D eigenvalue weighted by molar-refractivity contribution is 5.87. The summed E-state index contributed by atoms with van der Waals surface area (Å²) < 4.78 is 0. The number of nitrogens with zero attached hydrogens (tertiary/aromatic N) is 1. The van der Waals surface area contributed by atoms with E-state index in [0.29, 0.717) is 0 Å². The number of fused-ring (bicyclic) bond motifs is 1. The molecule has 0 saturated carbocycles. The van der Waals surface area contributed by atoms with Crippen LogP contribution in [0.25, 0.3) is 0 Å². The van der Waals surface area contributed by atoms with E-state index >= 15 is 0 Å². The summed E-state index contributed by atoms with van der Waals surface area (Å²) in [7, 11) is 0. The molecule has 0 bridgehead atoms. The van der Waals surface area contributed by atoms with Gasteiger partial charge in [-0.2, -0.15) is 0 Å². The van der Waals surface area contributed by atoms with Crippen LogP contribution in [0.3, 0.4) is 0 Å². The molecule has 2 heterocycles. The predicted octanol–water partition coefficient (Wildman–Crippen LogP) is 2.63. The molecule has 1 unspecified atom stereocenters. The lowest BCUT2D eigenvalue weighted by Gasteiger charge is -2.35. The minimum absolute atomic E-state index is 0.0366. The van der Waals surface area contributed by atoms with Crippen LogP contribution in [0.5, 0.6) is 0 Å². The zero-order valence-corrected chi connectivity index (χ0v) is 12.7. The summed E-state index contributed by atoms with van der Waals surface area (Å²) >= 11 is 0. The maximum absolute atomic E-state index is 12.0. The van der Waals surface area contributed by atoms with Crippen LogP contribution < -0.4 is 10.2 Å². The predicted molar refractivity (Wildman–Crippen MR) is 82.2 cm³/mol. The Kier molecular flexibility index (Phi) is 3.23. The summed E-state index contributed by atoms with van der Waals surface area (Å²) in [5.74, 6) is 0.192. The second-order valence-corrected chi connectivity index (χ2v) is 6.99. The maximum atomic E-state index is 12.0. The first-order valence-electron chi connectivity index (χ1n) is 7.64. The average molecular weight is 272 g/mol. The molecule has 1 aromatic rings. The van der Waals surface area contributed by atoms with Crippen LogP contribution >= 0.6 is 0 Å². The number of anilines is 1. The van der Waals surface area contributed by atoms with E-state index in [4.69, 9.17) is 0 Å². The second-order valence-electron chi connectivity index (χ2n) is 6.99. The lowest BCUT2D eigenvalue weighted by atomic mass is 9.84. The van der Waals surface area contributed by atoms with Crippen LogP contribution in [-0.4, -0.2) is 25.0 Å². The monoisotopic (exact) mass is 272 g/mol.